The van der Waals surface area contributed by atoms with Crippen LogP contribution in [0, 0.1) is 0 Å². The Morgan fingerprint density at radius 2 is 1.70 bits per heavy atom. The summed E-state index contributed by atoms with van der Waals surface area (Å²) in [5.74, 6) is -0.316. The van der Waals surface area contributed by atoms with Gasteiger partial charge < -0.3 is 14.8 Å². The molecule has 0 saturated carbocycles. The van der Waals surface area contributed by atoms with Crippen LogP contribution in [0.2, 0.25) is 0 Å². The van der Waals surface area contributed by atoms with Crippen LogP contribution in [0.4, 0.5) is 4.79 Å². The molecule has 0 unspecified atom stereocenters. The number of carbonyl (C=O) groups is 2. The number of hydrogen-bond donors (Lipinski definition) is 2. The lowest BCUT2D eigenvalue weighted by Crippen LogP contribution is -2.41. The highest BCUT2D eigenvalue weighted by Crippen LogP contribution is 2.16. The zero-order chi connectivity index (χ0) is 20.5. The smallest absolute Gasteiger partial charge is 0.408 e. The minimum Gasteiger partial charge on any atom is -0.494 e. The Morgan fingerprint density at radius 3 is 2.26 bits per heavy atom. The van der Waals surface area contributed by atoms with Gasteiger partial charge in [-0.05, 0) is 51.5 Å². The highest BCUT2D eigenvalue weighted by atomic mass is 32.2. The Hall–Kier alpha value is -2.29. The van der Waals surface area contributed by atoms with Gasteiger partial charge in [-0.15, -0.1) is 0 Å². The van der Waals surface area contributed by atoms with Crippen LogP contribution < -0.4 is 14.8 Å². The molecule has 1 aromatic rings. The van der Waals surface area contributed by atoms with Gasteiger partial charge in [-0.25, -0.2) is 17.9 Å². The lowest BCUT2D eigenvalue weighted by molar-refractivity contribution is -0.118. The molecule has 8 nitrogen and oxygen atoms in total. The van der Waals surface area contributed by atoms with E-state index in [-0.39, 0.29) is 4.90 Å². The first-order valence-corrected chi connectivity index (χ1v) is 10.3. The van der Waals surface area contributed by atoms with E-state index >= 15 is 0 Å². The molecule has 0 bridgehead atoms. The van der Waals surface area contributed by atoms with E-state index in [1.807, 2.05) is 4.72 Å². The number of unbranched alkanes of at least 4 members (excludes halogenated alkanes) is 2. The van der Waals surface area contributed by atoms with Crippen LogP contribution in [0.15, 0.2) is 29.2 Å². The van der Waals surface area contributed by atoms with E-state index in [1.54, 1.807) is 20.8 Å². The van der Waals surface area contributed by atoms with Crippen molar-refractivity contribution in [3.63, 3.8) is 0 Å². The Bertz CT molecular complexity index is 723. The number of ether oxygens (including phenoxy) is 2. The molecule has 0 spiro atoms. The summed E-state index contributed by atoms with van der Waals surface area (Å²) in [6.45, 7) is 7.16. The Balaban J connectivity index is 2.54. The van der Waals surface area contributed by atoms with E-state index in [4.69, 9.17) is 9.47 Å². The van der Waals surface area contributed by atoms with Crippen molar-refractivity contribution in [2.45, 2.75) is 57.5 Å². The maximum Gasteiger partial charge on any atom is 0.408 e. The lowest BCUT2D eigenvalue weighted by Gasteiger charge is -2.19. The lowest BCUT2D eigenvalue weighted by atomic mass is 10.2. The predicted octanol–water partition coefficient (Wildman–Crippen LogP) is 2.59. The third-order valence-corrected chi connectivity index (χ3v) is 4.58. The minimum absolute atomic E-state index is 0.0750. The molecule has 0 aliphatic heterocycles. The van der Waals surface area contributed by atoms with Gasteiger partial charge in [-0.1, -0.05) is 19.8 Å². The highest BCUT2D eigenvalue weighted by Gasteiger charge is 2.20. The average molecular weight is 400 g/mol. The Kier molecular flexibility index (Phi) is 8.55. The number of sulfonamides is 1. The van der Waals surface area contributed by atoms with Gasteiger partial charge in [0.15, 0.2) is 0 Å². The summed E-state index contributed by atoms with van der Waals surface area (Å²) in [5.41, 5.74) is -0.715. The fraction of sp³-hybridized carbons (Fsp3) is 0.556. The molecule has 2 amide bonds. The Morgan fingerprint density at radius 1 is 1.07 bits per heavy atom. The van der Waals surface area contributed by atoms with E-state index in [9.17, 15) is 18.0 Å². The van der Waals surface area contributed by atoms with Crippen molar-refractivity contribution in [2.24, 2.45) is 0 Å². The largest absolute Gasteiger partial charge is 0.494 e. The quantitative estimate of drug-likeness (QED) is 0.617. The topological polar surface area (TPSA) is 111 Å². The first-order chi connectivity index (χ1) is 12.5. The van der Waals surface area contributed by atoms with E-state index in [0.717, 1.165) is 19.3 Å². The van der Waals surface area contributed by atoms with Crippen LogP contribution in [0.5, 0.6) is 5.75 Å². The van der Waals surface area contributed by atoms with Gasteiger partial charge in [0.25, 0.3) is 15.9 Å². The molecule has 0 saturated heterocycles. The van der Waals surface area contributed by atoms with Crippen molar-refractivity contribution in [3.05, 3.63) is 24.3 Å². The van der Waals surface area contributed by atoms with Gasteiger partial charge in [0.2, 0.25) is 0 Å². The zero-order valence-corrected chi connectivity index (χ0v) is 17.0. The highest BCUT2D eigenvalue weighted by molar-refractivity contribution is 7.90. The molecule has 27 heavy (non-hydrogen) atoms. The van der Waals surface area contributed by atoms with Gasteiger partial charge in [0.1, 0.15) is 17.9 Å². The van der Waals surface area contributed by atoms with E-state index in [1.165, 1.54) is 24.3 Å². The molecule has 152 valence electrons. The van der Waals surface area contributed by atoms with Crippen molar-refractivity contribution >= 4 is 22.0 Å². The summed E-state index contributed by atoms with van der Waals surface area (Å²) in [5, 5.41) is 2.20. The van der Waals surface area contributed by atoms with Gasteiger partial charge in [0, 0.05) is 0 Å². The molecule has 2 N–H and O–H groups in total. The fourth-order valence-corrected chi connectivity index (χ4v) is 2.95. The third-order valence-electron chi connectivity index (χ3n) is 3.19. The molecule has 9 heteroatoms. The molecule has 0 fully saturated rings. The summed E-state index contributed by atoms with van der Waals surface area (Å²) < 4.78 is 36.8. The summed E-state index contributed by atoms with van der Waals surface area (Å²) in [4.78, 5) is 23.2. The van der Waals surface area contributed by atoms with Crippen LogP contribution in [0.25, 0.3) is 0 Å². The molecule has 0 aliphatic rings. The minimum atomic E-state index is -4.04. The van der Waals surface area contributed by atoms with E-state index < -0.39 is 34.2 Å². The summed E-state index contributed by atoms with van der Waals surface area (Å²) >= 11 is 0. The van der Waals surface area contributed by atoms with Gasteiger partial charge in [-0.3, -0.25) is 4.79 Å². The van der Waals surface area contributed by atoms with Crippen LogP contribution in [0.3, 0.4) is 0 Å². The molecule has 0 aliphatic carbocycles. The van der Waals surface area contributed by atoms with Gasteiger partial charge >= 0.3 is 6.09 Å². The van der Waals surface area contributed by atoms with Gasteiger partial charge in [-0.2, -0.15) is 0 Å². The molecule has 0 radical (unpaired) electrons. The normalized spacial score (nSPS) is 11.6. The number of rotatable bonds is 9. The fourth-order valence-electron chi connectivity index (χ4n) is 1.97. The van der Waals surface area contributed by atoms with Crippen molar-refractivity contribution in [1.29, 1.82) is 0 Å². The second-order valence-corrected chi connectivity index (χ2v) is 8.59. The monoisotopic (exact) mass is 400 g/mol. The molecule has 0 atom stereocenters. The van der Waals surface area contributed by atoms with Crippen molar-refractivity contribution in [3.8, 4) is 5.75 Å². The summed E-state index contributed by atoms with van der Waals surface area (Å²) in [6.07, 6.45) is 2.27. The zero-order valence-electron chi connectivity index (χ0n) is 16.2. The van der Waals surface area contributed by atoms with Crippen molar-refractivity contribution in [1.82, 2.24) is 10.0 Å². The molecule has 0 heterocycles. The first-order valence-electron chi connectivity index (χ1n) is 8.79. The first kappa shape index (κ1) is 22.8. The van der Waals surface area contributed by atoms with Crippen LogP contribution in [-0.4, -0.2) is 39.2 Å². The maximum absolute atomic E-state index is 12.2. The third kappa shape index (κ3) is 9.28. The molecular weight excluding hydrogens is 372 g/mol. The average Bonchev–Trinajstić information content (AvgIpc) is 2.55. The number of hydrogen-bond acceptors (Lipinski definition) is 6. The Labute approximate surface area is 160 Å². The standard InChI is InChI=1S/C18H28N2O6S/c1-5-6-7-12-25-14-8-10-15(11-9-14)27(23,24)20-16(21)13-19-17(22)26-18(2,3)4/h8-11H,5-7,12-13H2,1-4H3,(H,19,22)(H,20,21). The number of carbonyl (C=O) groups excluding carboxylic acids is 2. The number of amides is 2. The van der Waals surface area contributed by atoms with Crippen molar-refractivity contribution < 1.29 is 27.5 Å². The van der Waals surface area contributed by atoms with Crippen LogP contribution in [0.1, 0.15) is 47.0 Å². The number of alkyl carbamates (subject to hydrolysis) is 1. The predicted molar refractivity (Wildman–Crippen MR) is 101 cm³/mol. The molecule has 1 rings (SSSR count). The van der Waals surface area contributed by atoms with Crippen LogP contribution >= 0.6 is 0 Å². The SMILES string of the molecule is CCCCCOc1ccc(S(=O)(=O)NC(=O)CNC(=O)OC(C)(C)C)cc1. The van der Waals surface area contributed by atoms with Crippen LogP contribution in [-0.2, 0) is 19.6 Å². The number of benzene rings is 1. The second kappa shape index (κ2) is 10.1. The van der Waals surface area contributed by atoms with Gasteiger partial charge in [0.05, 0.1) is 11.5 Å². The summed E-state index contributed by atoms with van der Waals surface area (Å²) in [6, 6.07) is 5.77. The van der Waals surface area contributed by atoms with E-state index in [2.05, 4.69) is 12.2 Å². The van der Waals surface area contributed by atoms with Crippen molar-refractivity contribution in [2.75, 3.05) is 13.2 Å². The maximum atomic E-state index is 12.2. The van der Waals surface area contributed by atoms with E-state index in [0.29, 0.717) is 12.4 Å². The molecule has 0 aromatic heterocycles. The summed E-state index contributed by atoms with van der Waals surface area (Å²) in [7, 11) is -4.04. The molecular formula is C18H28N2O6S. The second-order valence-electron chi connectivity index (χ2n) is 6.91. The number of nitrogens with one attached hydrogen (secondary N) is 2. The molecule has 1 aromatic carbocycles.